The number of carboxylic acid groups (broad SMARTS) is 1. The van der Waals surface area contributed by atoms with Gasteiger partial charge in [-0.2, -0.15) is 10.2 Å². The number of aliphatic carboxylic acids is 1. The van der Waals surface area contributed by atoms with E-state index in [1.54, 1.807) is 0 Å². The Hall–Kier alpha value is -4.98. The molecule has 42 heavy (non-hydrogen) atoms. The second kappa shape index (κ2) is 12.7. The van der Waals surface area contributed by atoms with Gasteiger partial charge in [-0.25, -0.2) is 29.6 Å². The van der Waals surface area contributed by atoms with Gasteiger partial charge < -0.3 is 31.1 Å². The van der Waals surface area contributed by atoms with Crippen LogP contribution in [0.4, 0.5) is 20.1 Å². The quantitative estimate of drug-likeness (QED) is 0.0661. The van der Waals surface area contributed by atoms with E-state index in [1.807, 2.05) is 0 Å². The molecular formula is C22H26N10O9S. The van der Waals surface area contributed by atoms with Gasteiger partial charge >= 0.3 is 24.1 Å². The van der Waals surface area contributed by atoms with E-state index in [2.05, 4.69) is 26.3 Å². The van der Waals surface area contributed by atoms with Crippen LogP contribution in [0.1, 0.15) is 5.56 Å². The molecular weight excluding hydrogens is 580 g/mol. The van der Waals surface area contributed by atoms with Crippen LogP contribution in [0.3, 0.4) is 0 Å². The predicted molar refractivity (Wildman–Crippen MR) is 145 cm³/mol. The maximum Gasteiger partial charge on any atom is 0.407 e. The Morgan fingerprint density at radius 1 is 1.19 bits per heavy atom. The summed E-state index contributed by atoms with van der Waals surface area (Å²) >= 11 is 0.956. The molecule has 0 unspecified atom stereocenters. The number of hydrazone groups is 2. The predicted octanol–water partition coefficient (Wildman–Crippen LogP) is -1.15. The summed E-state index contributed by atoms with van der Waals surface area (Å²) in [6, 6.07) is 3.35. The molecule has 3 aliphatic heterocycles. The molecule has 1 aromatic rings. The summed E-state index contributed by atoms with van der Waals surface area (Å²) in [6.45, 7) is -0.0229. The molecule has 0 aromatic heterocycles. The highest BCUT2D eigenvalue weighted by Gasteiger charge is 2.65. The Balaban J connectivity index is 1.12. The van der Waals surface area contributed by atoms with Gasteiger partial charge in [-0.3, -0.25) is 19.8 Å². The fraction of sp³-hybridized carbons (Fsp3) is 0.409. The highest BCUT2D eigenvalue weighted by molar-refractivity contribution is 8.02. The van der Waals surface area contributed by atoms with Gasteiger partial charge in [0.25, 0.3) is 5.69 Å². The van der Waals surface area contributed by atoms with Gasteiger partial charge in [-0.1, -0.05) is 11.8 Å². The van der Waals surface area contributed by atoms with Crippen molar-refractivity contribution < 1.29 is 38.7 Å². The topological polar surface area (TPSA) is 254 Å². The lowest BCUT2D eigenvalue weighted by Gasteiger charge is -2.38. The molecule has 0 radical (unpaired) electrons. The van der Waals surface area contributed by atoms with Crippen molar-refractivity contribution in [3.63, 3.8) is 0 Å². The number of nitro groups is 1. The average Bonchev–Trinajstić information content (AvgIpc) is 3.53. The van der Waals surface area contributed by atoms with E-state index in [0.29, 0.717) is 5.56 Å². The van der Waals surface area contributed by atoms with Gasteiger partial charge in [0.05, 0.1) is 30.4 Å². The largest absolute Gasteiger partial charge is 0.479 e. The number of carbonyl (C=O) groups is 5. The summed E-state index contributed by atoms with van der Waals surface area (Å²) in [5, 5.41) is 33.5. The zero-order chi connectivity index (χ0) is 30.4. The van der Waals surface area contributed by atoms with Gasteiger partial charge in [0.2, 0.25) is 10.8 Å². The lowest BCUT2D eigenvalue weighted by molar-refractivity contribution is -0.384. The van der Waals surface area contributed by atoms with Gasteiger partial charge in [0.1, 0.15) is 18.0 Å². The van der Waals surface area contributed by atoms with Crippen molar-refractivity contribution in [2.24, 2.45) is 15.9 Å². The molecule has 4 rings (SSSR count). The minimum absolute atomic E-state index is 0.0400. The number of thioether (sulfide) groups is 1. The monoisotopic (exact) mass is 606 g/mol. The molecule has 3 heterocycles. The Kier molecular flexibility index (Phi) is 9.06. The standard InChI is InChI=1S/C22H26N10O9S/c23-15-16(33)29-12-22(18(34)35,42-17(15)29)30-9-10-31(21(30)38)27-8-7-26-28-19(36)24-5-6-25-20(37)41-11-13-1-3-14(4-2-13)32(39)40/h1-4,7-8,15,17H,5-6,9-12,23H2,(H,25,37)(H,34,35)(H2,24,28,36)/t15-,17-,22-/m1/s1. The van der Waals surface area contributed by atoms with E-state index in [4.69, 9.17) is 10.5 Å². The SMILES string of the molecule is N[C@@H]1C(=O)N2C[C@@](C(=O)O)(N3CCN(N=CC=NNC(=O)NCCNC(=O)OCc4ccc([N+](=O)[O-])cc4)C3=O)S[C@H]12. The molecule has 3 saturated heterocycles. The van der Waals surface area contributed by atoms with Crippen LogP contribution in [-0.4, -0.2) is 116 Å². The number of amides is 6. The van der Waals surface area contributed by atoms with Crippen molar-refractivity contribution in [1.82, 2.24) is 30.9 Å². The van der Waals surface area contributed by atoms with Crippen molar-refractivity contribution in [2.45, 2.75) is 22.9 Å². The minimum Gasteiger partial charge on any atom is -0.479 e. The molecule has 6 amide bonds. The smallest absolute Gasteiger partial charge is 0.407 e. The normalized spacial score (nSPS) is 23.2. The summed E-state index contributed by atoms with van der Waals surface area (Å²) in [5.41, 5.74) is 8.40. The molecule has 1 aromatic carbocycles. The summed E-state index contributed by atoms with van der Waals surface area (Å²) in [4.78, 5) is 71.4. The van der Waals surface area contributed by atoms with Crippen LogP contribution in [0, 0.1) is 10.1 Å². The molecule has 6 N–H and O–H groups in total. The average molecular weight is 607 g/mol. The van der Waals surface area contributed by atoms with Crippen LogP contribution in [0.15, 0.2) is 34.5 Å². The summed E-state index contributed by atoms with van der Waals surface area (Å²) < 4.78 is 4.98. The van der Waals surface area contributed by atoms with Crippen LogP contribution in [0.5, 0.6) is 0 Å². The maximum absolute atomic E-state index is 12.9. The summed E-state index contributed by atoms with van der Waals surface area (Å²) in [5.74, 6) is -1.62. The van der Waals surface area contributed by atoms with Gasteiger partial charge in [-0.15, -0.1) is 0 Å². The number of nitrogens with two attached hydrogens (primary N) is 1. The third-order valence-corrected chi connectivity index (χ3v) is 8.05. The fourth-order valence-corrected chi connectivity index (χ4v) is 5.79. The van der Waals surface area contributed by atoms with Crippen LogP contribution in [0.2, 0.25) is 0 Å². The first-order valence-electron chi connectivity index (χ1n) is 12.3. The number of rotatable bonds is 11. The number of hydrogen-bond acceptors (Lipinski definition) is 12. The Bertz CT molecular complexity index is 1330. The molecule has 3 atom stereocenters. The number of alkyl carbamates (subject to hydrolysis) is 1. The van der Waals surface area contributed by atoms with Crippen molar-refractivity contribution in [2.75, 3.05) is 32.7 Å². The van der Waals surface area contributed by atoms with Crippen molar-refractivity contribution >= 4 is 59.9 Å². The first-order chi connectivity index (χ1) is 20.0. The molecule has 0 bridgehead atoms. The number of nitrogens with one attached hydrogen (secondary N) is 3. The summed E-state index contributed by atoms with van der Waals surface area (Å²) in [6.07, 6.45) is 1.48. The van der Waals surface area contributed by atoms with E-state index in [0.717, 1.165) is 34.1 Å². The third-order valence-electron chi connectivity index (χ3n) is 6.35. The van der Waals surface area contributed by atoms with E-state index in [-0.39, 0.29) is 50.9 Å². The number of nitro benzene ring substituents is 1. The highest BCUT2D eigenvalue weighted by Crippen LogP contribution is 2.49. The molecule has 0 aliphatic carbocycles. The van der Waals surface area contributed by atoms with E-state index in [9.17, 15) is 39.2 Å². The molecule has 0 spiro atoms. The molecule has 19 nitrogen and oxygen atoms in total. The second-order valence-corrected chi connectivity index (χ2v) is 10.4. The van der Waals surface area contributed by atoms with Crippen LogP contribution in [0.25, 0.3) is 0 Å². The van der Waals surface area contributed by atoms with Crippen molar-refractivity contribution in [1.29, 1.82) is 0 Å². The molecule has 3 aliphatic rings. The highest BCUT2D eigenvalue weighted by atomic mass is 32.2. The van der Waals surface area contributed by atoms with Crippen molar-refractivity contribution in [3.8, 4) is 0 Å². The number of nitrogens with zero attached hydrogens (tertiary/aromatic N) is 6. The summed E-state index contributed by atoms with van der Waals surface area (Å²) in [7, 11) is 0. The first kappa shape index (κ1) is 30.0. The maximum atomic E-state index is 12.9. The molecule has 3 fully saturated rings. The van der Waals surface area contributed by atoms with E-state index in [1.165, 1.54) is 29.2 Å². The number of β-lactam (4-membered cyclic amide) rings is 1. The van der Waals surface area contributed by atoms with Gasteiger partial charge in [0.15, 0.2) is 0 Å². The second-order valence-electron chi connectivity index (χ2n) is 8.98. The van der Waals surface area contributed by atoms with Gasteiger partial charge in [-0.05, 0) is 17.7 Å². The Morgan fingerprint density at radius 3 is 2.57 bits per heavy atom. The number of benzene rings is 1. The lowest BCUT2D eigenvalue weighted by Crippen LogP contribution is -2.65. The molecule has 20 heteroatoms. The van der Waals surface area contributed by atoms with E-state index >= 15 is 0 Å². The zero-order valence-electron chi connectivity index (χ0n) is 21.7. The van der Waals surface area contributed by atoms with Crippen molar-refractivity contribution in [3.05, 3.63) is 39.9 Å². The van der Waals surface area contributed by atoms with Gasteiger partial charge in [0, 0.05) is 31.8 Å². The molecule has 0 saturated carbocycles. The Morgan fingerprint density at radius 2 is 1.90 bits per heavy atom. The number of carbonyl (C=O) groups excluding carboxylic acids is 4. The third kappa shape index (κ3) is 6.33. The fourth-order valence-electron chi connectivity index (χ4n) is 4.21. The van der Waals surface area contributed by atoms with E-state index < -0.39 is 45.3 Å². The number of non-ortho nitro benzene ring substituents is 1. The van der Waals surface area contributed by atoms with Crippen LogP contribution >= 0.6 is 11.8 Å². The number of ether oxygens (including phenoxy) is 1. The van der Waals surface area contributed by atoms with Crippen LogP contribution in [-0.2, 0) is 20.9 Å². The van der Waals surface area contributed by atoms with Crippen LogP contribution < -0.4 is 21.8 Å². The minimum atomic E-state index is -1.66. The lowest BCUT2D eigenvalue weighted by atomic mass is 10.1. The molecule has 224 valence electrons. The number of hydrogen-bond donors (Lipinski definition) is 5. The number of urea groups is 2. The first-order valence-corrected chi connectivity index (χ1v) is 13.2. The number of carboxylic acids is 1. The number of fused-ring (bicyclic) bond motifs is 1. The zero-order valence-corrected chi connectivity index (χ0v) is 22.6. The Labute approximate surface area is 241 Å².